The zero-order chi connectivity index (χ0) is 19.9. The summed E-state index contributed by atoms with van der Waals surface area (Å²) in [7, 11) is 2.89. The van der Waals surface area contributed by atoms with Gasteiger partial charge in [-0.3, -0.25) is 4.79 Å². The summed E-state index contributed by atoms with van der Waals surface area (Å²) in [5, 5.41) is 2.66. The van der Waals surface area contributed by atoms with E-state index in [1.807, 2.05) is 18.2 Å². The number of nitrogens with one attached hydrogen (secondary N) is 1. The van der Waals surface area contributed by atoms with Gasteiger partial charge in [-0.1, -0.05) is 18.2 Å². The second-order valence-electron chi connectivity index (χ2n) is 5.92. The molecule has 8 heteroatoms. The van der Waals surface area contributed by atoms with Crippen molar-refractivity contribution in [3.63, 3.8) is 0 Å². The van der Waals surface area contributed by atoms with Crippen LogP contribution in [0.5, 0.6) is 23.0 Å². The Bertz CT molecular complexity index is 852. The molecule has 1 atom stereocenters. The van der Waals surface area contributed by atoms with Gasteiger partial charge in [-0.05, 0) is 24.3 Å². The third-order valence-electron chi connectivity index (χ3n) is 4.05. The van der Waals surface area contributed by atoms with E-state index in [4.69, 9.17) is 23.7 Å². The summed E-state index contributed by atoms with van der Waals surface area (Å²) >= 11 is 0. The lowest BCUT2D eigenvalue weighted by atomic mass is 10.2. The Kier molecular flexibility index (Phi) is 6.21. The summed E-state index contributed by atoms with van der Waals surface area (Å²) < 4.78 is 26.7. The molecule has 1 amide bonds. The minimum Gasteiger partial charge on any atom is -0.493 e. The minimum absolute atomic E-state index is 0.176. The van der Waals surface area contributed by atoms with Crippen molar-refractivity contribution in [1.29, 1.82) is 0 Å². The predicted molar refractivity (Wildman–Crippen MR) is 99.2 cm³/mol. The lowest BCUT2D eigenvalue weighted by Crippen LogP contribution is -2.42. The fourth-order valence-electron chi connectivity index (χ4n) is 2.70. The molecule has 1 aliphatic heterocycles. The van der Waals surface area contributed by atoms with Gasteiger partial charge in [0, 0.05) is 0 Å². The largest absolute Gasteiger partial charge is 0.493 e. The molecule has 0 saturated carbocycles. The van der Waals surface area contributed by atoms with E-state index >= 15 is 0 Å². The summed E-state index contributed by atoms with van der Waals surface area (Å²) in [5.41, 5.74) is 0.176. The first-order chi connectivity index (χ1) is 13.6. The number of benzene rings is 2. The van der Waals surface area contributed by atoms with Gasteiger partial charge >= 0.3 is 5.97 Å². The van der Waals surface area contributed by atoms with Crippen molar-refractivity contribution in [1.82, 2.24) is 5.32 Å². The molecule has 8 nitrogen and oxygen atoms in total. The molecule has 28 heavy (non-hydrogen) atoms. The number of fused-ring (bicyclic) bond motifs is 1. The molecular weight excluding hydrogens is 366 g/mol. The molecular formula is C20H21NO7. The smallest absolute Gasteiger partial charge is 0.342 e. The molecule has 0 aromatic heterocycles. The van der Waals surface area contributed by atoms with Gasteiger partial charge < -0.3 is 29.0 Å². The number of hydrogen-bond donors (Lipinski definition) is 1. The second-order valence-corrected chi connectivity index (χ2v) is 5.92. The number of carbonyl (C=O) groups excluding carboxylic acids is 2. The molecule has 148 valence electrons. The summed E-state index contributed by atoms with van der Waals surface area (Å²) in [5.74, 6) is 0.823. The third-order valence-corrected chi connectivity index (χ3v) is 4.05. The van der Waals surface area contributed by atoms with Crippen molar-refractivity contribution in [2.24, 2.45) is 0 Å². The van der Waals surface area contributed by atoms with E-state index in [0.29, 0.717) is 23.9 Å². The highest BCUT2D eigenvalue weighted by molar-refractivity contribution is 5.94. The first kappa shape index (κ1) is 19.3. The van der Waals surface area contributed by atoms with Gasteiger partial charge in [-0.2, -0.15) is 0 Å². The van der Waals surface area contributed by atoms with Gasteiger partial charge in [-0.25, -0.2) is 4.79 Å². The highest BCUT2D eigenvalue weighted by Crippen LogP contribution is 2.31. The van der Waals surface area contributed by atoms with E-state index in [2.05, 4.69) is 5.32 Å². The number of methoxy groups -OCH3 is 2. The molecule has 0 saturated heterocycles. The van der Waals surface area contributed by atoms with Crippen LogP contribution < -0.4 is 24.3 Å². The molecule has 0 aliphatic carbocycles. The zero-order valence-corrected chi connectivity index (χ0v) is 15.6. The van der Waals surface area contributed by atoms with Gasteiger partial charge in [0.25, 0.3) is 5.91 Å². The standard InChI is InChI=1S/C20H21NO7/c1-24-17-9-5-6-14(19(17)25-2)20(23)27-12-18(22)21-10-13-11-26-15-7-3-4-8-16(15)28-13/h3-9,13H,10-12H2,1-2H3,(H,21,22)/t13-/m0/s1. The molecule has 0 radical (unpaired) electrons. The van der Waals surface area contributed by atoms with Crippen molar-refractivity contribution >= 4 is 11.9 Å². The molecule has 0 bridgehead atoms. The Balaban J connectivity index is 1.48. The fourth-order valence-corrected chi connectivity index (χ4v) is 2.70. The van der Waals surface area contributed by atoms with Crippen molar-refractivity contribution in [2.45, 2.75) is 6.10 Å². The Hall–Kier alpha value is -3.42. The van der Waals surface area contributed by atoms with Crippen molar-refractivity contribution < 1.29 is 33.3 Å². The number of para-hydroxylation sites is 3. The topological polar surface area (TPSA) is 92.3 Å². The van der Waals surface area contributed by atoms with Gasteiger partial charge in [0.2, 0.25) is 0 Å². The maximum absolute atomic E-state index is 12.3. The minimum atomic E-state index is -0.683. The lowest BCUT2D eigenvalue weighted by Gasteiger charge is -2.26. The Morgan fingerprint density at radius 3 is 2.61 bits per heavy atom. The molecule has 2 aromatic rings. The second kappa shape index (κ2) is 8.98. The van der Waals surface area contributed by atoms with Crippen LogP contribution in [-0.4, -0.2) is 52.0 Å². The average molecular weight is 387 g/mol. The molecule has 1 N–H and O–H groups in total. The zero-order valence-electron chi connectivity index (χ0n) is 15.6. The quantitative estimate of drug-likeness (QED) is 0.725. The number of ether oxygens (including phenoxy) is 5. The van der Waals surface area contributed by atoms with E-state index < -0.39 is 18.5 Å². The van der Waals surface area contributed by atoms with Crippen LogP contribution >= 0.6 is 0 Å². The first-order valence-electron chi connectivity index (χ1n) is 8.65. The van der Waals surface area contributed by atoms with E-state index in [0.717, 1.165) is 0 Å². The molecule has 0 unspecified atom stereocenters. The predicted octanol–water partition coefficient (Wildman–Crippen LogP) is 1.82. The Labute approximate surface area is 162 Å². The number of esters is 1. The Morgan fingerprint density at radius 2 is 1.86 bits per heavy atom. The number of rotatable bonds is 7. The molecule has 0 spiro atoms. The summed E-state index contributed by atoms with van der Waals surface area (Å²) in [6.07, 6.45) is -0.326. The van der Waals surface area contributed by atoms with Gasteiger partial charge in [0.05, 0.1) is 20.8 Å². The molecule has 0 fully saturated rings. The highest BCUT2D eigenvalue weighted by Gasteiger charge is 2.22. The van der Waals surface area contributed by atoms with Crippen LogP contribution in [-0.2, 0) is 9.53 Å². The summed E-state index contributed by atoms with van der Waals surface area (Å²) in [6.45, 7) is 0.120. The maximum Gasteiger partial charge on any atom is 0.342 e. The first-order valence-corrected chi connectivity index (χ1v) is 8.65. The van der Waals surface area contributed by atoms with Crippen molar-refractivity contribution in [3.05, 3.63) is 48.0 Å². The summed E-state index contributed by atoms with van der Waals surface area (Å²) in [6, 6.07) is 12.1. The van der Waals surface area contributed by atoms with Crippen molar-refractivity contribution in [3.8, 4) is 23.0 Å². The van der Waals surface area contributed by atoms with Crippen LogP contribution in [0.15, 0.2) is 42.5 Å². The normalized spacial score (nSPS) is 14.7. The van der Waals surface area contributed by atoms with E-state index in [-0.39, 0.29) is 24.0 Å². The van der Waals surface area contributed by atoms with Crippen LogP contribution in [0.3, 0.4) is 0 Å². The molecule has 1 heterocycles. The molecule has 3 rings (SSSR count). The number of carbonyl (C=O) groups is 2. The van der Waals surface area contributed by atoms with E-state index in [1.165, 1.54) is 20.3 Å². The number of hydrogen-bond acceptors (Lipinski definition) is 7. The Morgan fingerprint density at radius 1 is 1.07 bits per heavy atom. The van der Waals surface area contributed by atoms with E-state index in [1.54, 1.807) is 18.2 Å². The lowest BCUT2D eigenvalue weighted by molar-refractivity contribution is -0.124. The van der Waals surface area contributed by atoms with Gasteiger partial charge in [-0.15, -0.1) is 0 Å². The molecule has 2 aromatic carbocycles. The summed E-state index contributed by atoms with van der Waals surface area (Å²) in [4.78, 5) is 24.3. The van der Waals surface area contributed by atoms with Crippen LogP contribution in [0.2, 0.25) is 0 Å². The van der Waals surface area contributed by atoms with Crippen LogP contribution in [0, 0.1) is 0 Å². The third kappa shape index (κ3) is 4.46. The van der Waals surface area contributed by atoms with Crippen LogP contribution in [0.1, 0.15) is 10.4 Å². The fraction of sp³-hybridized carbons (Fsp3) is 0.300. The van der Waals surface area contributed by atoms with Gasteiger partial charge in [0.15, 0.2) is 29.6 Å². The monoisotopic (exact) mass is 387 g/mol. The average Bonchev–Trinajstić information content (AvgIpc) is 2.75. The number of amides is 1. The van der Waals surface area contributed by atoms with Crippen molar-refractivity contribution in [2.75, 3.05) is 34.0 Å². The van der Waals surface area contributed by atoms with Crippen LogP contribution in [0.4, 0.5) is 0 Å². The highest BCUT2D eigenvalue weighted by atomic mass is 16.6. The van der Waals surface area contributed by atoms with E-state index in [9.17, 15) is 9.59 Å². The maximum atomic E-state index is 12.3. The van der Waals surface area contributed by atoms with Gasteiger partial charge in [0.1, 0.15) is 18.3 Å². The van der Waals surface area contributed by atoms with Crippen LogP contribution in [0.25, 0.3) is 0 Å². The SMILES string of the molecule is COc1cccc(C(=O)OCC(=O)NC[C@H]2COc3ccccc3O2)c1OC. The molecule has 1 aliphatic rings.